The van der Waals surface area contributed by atoms with Gasteiger partial charge in [0.1, 0.15) is 17.6 Å². The van der Waals surface area contributed by atoms with Gasteiger partial charge in [-0.3, -0.25) is 0 Å². The SMILES string of the molecule is Cc1ccc(NCCCCN(C)c2ccccc2)nc1C#N. The number of hydrogen-bond donors (Lipinski definition) is 1. The number of aromatic nitrogens is 1. The van der Waals surface area contributed by atoms with Crippen LogP contribution in [0.1, 0.15) is 24.1 Å². The van der Waals surface area contributed by atoms with E-state index in [9.17, 15) is 0 Å². The quantitative estimate of drug-likeness (QED) is 0.793. The Morgan fingerprint density at radius 2 is 1.91 bits per heavy atom. The van der Waals surface area contributed by atoms with Crippen molar-refractivity contribution in [2.24, 2.45) is 0 Å². The standard InChI is InChI=1S/C18H22N4/c1-15-10-11-18(21-17(15)14-19)20-12-6-7-13-22(2)16-8-4-3-5-9-16/h3-5,8-11H,6-7,12-13H2,1-2H3,(H,20,21). The maximum Gasteiger partial charge on any atom is 0.145 e. The molecule has 0 spiro atoms. The van der Waals surface area contributed by atoms with Crippen molar-refractivity contribution in [2.75, 3.05) is 30.4 Å². The number of nitrogens with one attached hydrogen (secondary N) is 1. The summed E-state index contributed by atoms with van der Waals surface area (Å²) in [4.78, 5) is 6.55. The van der Waals surface area contributed by atoms with E-state index >= 15 is 0 Å². The predicted octanol–water partition coefficient (Wildman–Crippen LogP) is 3.59. The molecule has 0 amide bonds. The first kappa shape index (κ1) is 15.8. The summed E-state index contributed by atoms with van der Waals surface area (Å²) in [6, 6.07) is 16.4. The van der Waals surface area contributed by atoms with Gasteiger partial charge >= 0.3 is 0 Å². The molecule has 4 nitrogen and oxygen atoms in total. The van der Waals surface area contributed by atoms with Crippen molar-refractivity contribution in [1.29, 1.82) is 5.26 Å². The zero-order valence-corrected chi connectivity index (χ0v) is 13.2. The molecule has 0 unspecified atom stereocenters. The van der Waals surface area contributed by atoms with E-state index in [1.807, 2.05) is 25.1 Å². The Balaban J connectivity index is 1.71. The van der Waals surface area contributed by atoms with Crippen LogP contribution in [0.2, 0.25) is 0 Å². The Labute approximate surface area is 132 Å². The Morgan fingerprint density at radius 1 is 1.14 bits per heavy atom. The molecule has 0 radical (unpaired) electrons. The highest BCUT2D eigenvalue weighted by Crippen LogP contribution is 2.12. The number of rotatable bonds is 7. The summed E-state index contributed by atoms with van der Waals surface area (Å²) in [5.41, 5.74) is 2.65. The van der Waals surface area contributed by atoms with Crippen LogP contribution in [-0.4, -0.2) is 25.1 Å². The lowest BCUT2D eigenvalue weighted by atomic mass is 10.2. The zero-order chi connectivity index (χ0) is 15.8. The van der Waals surface area contributed by atoms with Gasteiger partial charge in [-0.15, -0.1) is 0 Å². The van der Waals surface area contributed by atoms with E-state index in [0.717, 1.165) is 37.3 Å². The van der Waals surface area contributed by atoms with E-state index in [1.54, 1.807) is 0 Å². The molecule has 2 rings (SSSR count). The lowest BCUT2D eigenvalue weighted by molar-refractivity contribution is 0.741. The summed E-state index contributed by atoms with van der Waals surface area (Å²) in [5, 5.41) is 12.3. The van der Waals surface area contributed by atoms with Crippen molar-refractivity contribution in [3.63, 3.8) is 0 Å². The monoisotopic (exact) mass is 294 g/mol. The third kappa shape index (κ3) is 4.49. The number of nitriles is 1. The molecular formula is C18H22N4. The van der Waals surface area contributed by atoms with Crippen LogP contribution >= 0.6 is 0 Å². The van der Waals surface area contributed by atoms with Gasteiger partial charge in [0, 0.05) is 25.8 Å². The molecule has 114 valence electrons. The number of hydrogen-bond acceptors (Lipinski definition) is 4. The summed E-state index contributed by atoms with van der Waals surface area (Å²) < 4.78 is 0. The van der Waals surface area contributed by atoms with Crippen LogP contribution in [0.5, 0.6) is 0 Å². The molecule has 0 saturated heterocycles. The molecule has 4 heteroatoms. The lowest BCUT2D eigenvalue weighted by Gasteiger charge is -2.19. The minimum Gasteiger partial charge on any atom is -0.375 e. The van der Waals surface area contributed by atoms with E-state index in [1.165, 1.54) is 5.69 Å². The number of para-hydroxylation sites is 1. The fourth-order valence-electron chi connectivity index (χ4n) is 2.24. The molecule has 0 aliphatic rings. The first-order chi connectivity index (χ1) is 10.7. The number of benzene rings is 1. The highest BCUT2D eigenvalue weighted by atomic mass is 15.1. The first-order valence-corrected chi connectivity index (χ1v) is 7.58. The van der Waals surface area contributed by atoms with Crippen LogP contribution in [0.3, 0.4) is 0 Å². The maximum absolute atomic E-state index is 8.98. The average molecular weight is 294 g/mol. The van der Waals surface area contributed by atoms with Gasteiger partial charge in [-0.1, -0.05) is 24.3 Å². The Morgan fingerprint density at radius 3 is 2.64 bits per heavy atom. The van der Waals surface area contributed by atoms with Gasteiger partial charge in [0.2, 0.25) is 0 Å². The third-order valence-corrected chi connectivity index (χ3v) is 3.63. The van der Waals surface area contributed by atoms with Crippen molar-refractivity contribution in [1.82, 2.24) is 4.98 Å². The van der Waals surface area contributed by atoms with Crippen LogP contribution in [0.25, 0.3) is 0 Å². The van der Waals surface area contributed by atoms with Crippen molar-refractivity contribution in [3.8, 4) is 6.07 Å². The smallest absolute Gasteiger partial charge is 0.145 e. The fraction of sp³-hybridized carbons (Fsp3) is 0.333. The van der Waals surface area contributed by atoms with Gasteiger partial charge in [0.15, 0.2) is 0 Å². The lowest BCUT2D eigenvalue weighted by Crippen LogP contribution is -2.19. The number of pyridine rings is 1. The Kier molecular flexibility index (Phi) is 5.79. The molecule has 0 aliphatic heterocycles. The average Bonchev–Trinajstić information content (AvgIpc) is 2.56. The molecule has 1 aromatic carbocycles. The Hall–Kier alpha value is -2.54. The molecule has 0 saturated carbocycles. The van der Waals surface area contributed by atoms with E-state index in [4.69, 9.17) is 5.26 Å². The molecule has 0 aliphatic carbocycles. The zero-order valence-electron chi connectivity index (χ0n) is 13.2. The van der Waals surface area contributed by atoms with Crippen molar-refractivity contribution >= 4 is 11.5 Å². The number of unbranched alkanes of at least 4 members (excludes halogenated alkanes) is 1. The molecule has 0 bridgehead atoms. The van der Waals surface area contributed by atoms with E-state index in [0.29, 0.717) is 5.69 Å². The summed E-state index contributed by atoms with van der Waals surface area (Å²) in [6.45, 7) is 3.79. The van der Waals surface area contributed by atoms with Gasteiger partial charge in [-0.05, 0) is 43.5 Å². The first-order valence-electron chi connectivity index (χ1n) is 7.58. The molecule has 0 fully saturated rings. The van der Waals surface area contributed by atoms with Crippen LogP contribution in [0.4, 0.5) is 11.5 Å². The summed E-state index contributed by atoms with van der Waals surface area (Å²) >= 11 is 0. The highest BCUT2D eigenvalue weighted by molar-refractivity contribution is 5.45. The van der Waals surface area contributed by atoms with Gasteiger partial charge < -0.3 is 10.2 Å². The van der Waals surface area contributed by atoms with Crippen LogP contribution < -0.4 is 10.2 Å². The second-order valence-electron chi connectivity index (χ2n) is 5.36. The van der Waals surface area contributed by atoms with E-state index in [-0.39, 0.29) is 0 Å². The second kappa shape index (κ2) is 8.04. The molecule has 1 aromatic heterocycles. The number of nitrogens with zero attached hydrogens (tertiary/aromatic N) is 3. The molecule has 1 heterocycles. The topological polar surface area (TPSA) is 52.0 Å². The van der Waals surface area contributed by atoms with Gasteiger partial charge in [-0.2, -0.15) is 5.26 Å². The molecule has 2 aromatic rings. The maximum atomic E-state index is 8.98. The highest BCUT2D eigenvalue weighted by Gasteiger charge is 2.02. The minimum absolute atomic E-state index is 0.494. The third-order valence-electron chi connectivity index (χ3n) is 3.63. The summed E-state index contributed by atoms with van der Waals surface area (Å²) in [7, 11) is 2.11. The molecular weight excluding hydrogens is 272 g/mol. The minimum atomic E-state index is 0.494. The number of anilines is 2. The van der Waals surface area contributed by atoms with Gasteiger partial charge in [0.25, 0.3) is 0 Å². The summed E-state index contributed by atoms with van der Waals surface area (Å²) in [5.74, 6) is 0.776. The largest absolute Gasteiger partial charge is 0.375 e. The number of aryl methyl sites for hydroxylation is 1. The van der Waals surface area contributed by atoms with Crippen LogP contribution in [0, 0.1) is 18.3 Å². The Bertz CT molecular complexity index is 631. The second-order valence-corrected chi connectivity index (χ2v) is 5.36. The van der Waals surface area contributed by atoms with Gasteiger partial charge in [0.05, 0.1) is 0 Å². The molecule has 1 N–H and O–H groups in total. The van der Waals surface area contributed by atoms with Crippen LogP contribution in [0.15, 0.2) is 42.5 Å². The fourth-order valence-corrected chi connectivity index (χ4v) is 2.24. The molecule has 0 atom stereocenters. The van der Waals surface area contributed by atoms with E-state index < -0.39 is 0 Å². The van der Waals surface area contributed by atoms with Crippen LogP contribution in [-0.2, 0) is 0 Å². The van der Waals surface area contributed by atoms with Crippen molar-refractivity contribution < 1.29 is 0 Å². The normalized spacial score (nSPS) is 10.0. The summed E-state index contributed by atoms with van der Waals surface area (Å²) in [6.07, 6.45) is 2.17. The molecule has 22 heavy (non-hydrogen) atoms. The van der Waals surface area contributed by atoms with Crippen molar-refractivity contribution in [3.05, 3.63) is 53.7 Å². The van der Waals surface area contributed by atoms with Gasteiger partial charge in [-0.25, -0.2) is 4.98 Å². The predicted molar refractivity (Wildman–Crippen MR) is 91.1 cm³/mol. The van der Waals surface area contributed by atoms with Crippen molar-refractivity contribution in [2.45, 2.75) is 19.8 Å². The van der Waals surface area contributed by atoms with E-state index in [2.05, 4.69) is 52.6 Å².